The molecular formula is C25H22N4O. The Labute approximate surface area is 175 Å². The first-order valence-corrected chi connectivity index (χ1v) is 9.73. The highest BCUT2D eigenvalue weighted by Crippen LogP contribution is 2.21. The smallest absolute Gasteiger partial charge is 0.255 e. The molecule has 0 radical (unpaired) electrons. The molecule has 0 spiro atoms. The monoisotopic (exact) mass is 394 g/mol. The molecule has 4 aromatic rings. The number of amides is 1. The lowest BCUT2D eigenvalue weighted by Gasteiger charge is -2.10. The van der Waals surface area contributed by atoms with Crippen LogP contribution in [0, 0.1) is 13.8 Å². The Balaban J connectivity index is 1.48. The minimum absolute atomic E-state index is 0.158. The van der Waals surface area contributed by atoms with E-state index in [4.69, 9.17) is 0 Å². The van der Waals surface area contributed by atoms with Crippen LogP contribution in [-0.4, -0.2) is 16.1 Å². The highest BCUT2D eigenvalue weighted by Gasteiger charge is 2.09. The third-order valence-corrected chi connectivity index (χ3v) is 4.77. The van der Waals surface area contributed by atoms with E-state index in [9.17, 15) is 4.79 Å². The second kappa shape index (κ2) is 8.57. The number of aryl methyl sites for hydroxylation is 2. The van der Waals surface area contributed by atoms with Crippen LogP contribution in [0.1, 0.15) is 21.5 Å². The van der Waals surface area contributed by atoms with Crippen LogP contribution in [0.3, 0.4) is 0 Å². The molecule has 0 bridgehead atoms. The fraction of sp³-hybridized carbons (Fsp3) is 0.0800. The van der Waals surface area contributed by atoms with Crippen molar-refractivity contribution in [3.05, 3.63) is 102 Å². The maximum atomic E-state index is 12.6. The van der Waals surface area contributed by atoms with E-state index in [-0.39, 0.29) is 5.91 Å². The number of nitrogens with zero attached hydrogens (tertiary/aromatic N) is 2. The number of aromatic nitrogens is 2. The van der Waals surface area contributed by atoms with Gasteiger partial charge in [-0.1, -0.05) is 48.0 Å². The minimum Gasteiger partial charge on any atom is -0.339 e. The second-order valence-electron chi connectivity index (χ2n) is 7.15. The third-order valence-electron chi connectivity index (χ3n) is 4.77. The first-order valence-electron chi connectivity index (χ1n) is 9.73. The van der Waals surface area contributed by atoms with Crippen LogP contribution in [0.25, 0.3) is 11.3 Å². The Kier molecular flexibility index (Phi) is 5.52. The lowest BCUT2D eigenvalue weighted by Crippen LogP contribution is -2.12. The molecular weight excluding hydrogens is 372 g/mol. The van der Waals surface area contributed by atoms with Crippen molar-refractivity contribution in [2.24, 2.45) is 0 Å². The summed E-state index contributed by atoms with van der Waals surface area (Å²) in [7, 11) is 0. The molecule has 1 aromatic heterocycles. The second-order valence-corrected chi connectivity index (χ2v) is 7.15. The quantitative estimate of drug-likeness (QED) is 0.452. The van der Waals surface area contributed by atoms with Crippen molar-refractivity contribution in [1.29, 1.82) is 0 Å². The molecule has 2 N–H and O–H groups in total. The van der Waals surface area contributed by atoms with E-state index < -0.39 is 0 Å². The molecule has 4 rings (SSSR count). The molecule has 0 unspecified atom stereocenters. The normalized spacial score (nSPS) is 10.5. The summed E-state index contributed by atoms with van der Waals surface area (Å²) in [4.78, 5) is 12.6. The Bertz CT molecular complexity index is 1190. The zero-order chi connectivity index (χ0) is 20.9. The number of carbonyl (C=O) groups is 1. The lowest BCUT2D eigenvalue weighted by molar-refractivity contribution is 0.102. The van der Waals surface area contributed by atoms with Gasteiger partial charge in [0, 0.05) is 22.5 Å². The molecule has 0 aliphatic carbocycles. The molecule has 0 atom stereocenters. The zero-order valence-corrected chi connectivity index (χ0v) is 16.9. The van der Waals surface area contributed by atoms with Crippen molar-refractivity contribution in [1.82, 2.24) is 10.2 Å². The number of anilines is 3. The molecule has 0 saturated carbocycles. The zero-order valence-electron chi connectivity index (χ0n) is 16.9. The van der Waals surface area contributed by atoms with E-state index in [0.717, 1.165) is 28.2 Å². The molecule has 148 valence electrons. The number of para-hydroxylation sites is 1. The minimum atomic E-state index is -0.158. The maximum absolute atomic E-state index is 12.6. The number of nitrogens with one attached hydrogen (secondary N) is 2. The van der Waals surface area contributed by atoms with Crippen molar-refractivity contribution < 1.29 is 4.79 Å². The summed E-state index contributed by atoms with van der Waals surface area (Å²) in [6, 6.07) is 27.0. The molecule has 0 fully saturated rings. The van der Waals surface area contributed by atoms with E-state index in [2.05, 4.69) is 39.9 Å². The van der Waals surface area contributed by atoms with Gasteiger partial charge in [0.05, 0.1) is 5.69 Å². The van der Waals surface area contributed by atoms with Crippen molar-refractivity contribution in [2.45, 2.75) is 13.8 Å². The van der Waals surface area contributed by atoms with Gasteiger partial charge in [0.1, 0.15) is 0 Å². The van der Waals surface area contributed by atoms with Gasteiger partial charge in [0.25, 0.3) is 5.91 Å². The molecule has 0 saturated heterocycles. The van der Waals surface area contributed by atoms with Gasteiger partial charge in [-0.15, -0.1) is 10.2 Å². The number of hydrogen-bond donors (Lipinski definition) is 2. The summed E-state index contributed by atoms with van der Waals surface area (Å²) in [5.41, 5.74) is 6.18. The van der Waals surface area contributed by atoms with Crippen LogP contribution in [0.4, 0.5) is 17.2 Å². The molecule has 5 heteroatoms. The predicted molar refractivity (Wildman–Crippen MR) is 121 cm³/mol. The van der Waals surface area contributed by atoms with Crippen molar-refractivity contribution in [3.63, 3.8) is 0 Å². The van der Waals surface area contributed by atoms with Crippen LogP contribution < -0.4 is 10.6 Å². The van der Waals surface area contributed by atoms with E-state index in [1.54, 1.807) is 12.1 Å². The van der Waals surface area contributed by atoms with Gasteiger partial charge in [-0.05, 0) is 61.9 Å². The van der Waals surface area contributed by atoms with E-state index in [0.29, 0.717) is 11.4 Å². The summed E-state index contributed by atoms with van der Waals surface area (Å²) in [6.45, 7) is 4.02. The van der Waals surface area contributed by atoms with Crippen LogP contribution >= 0.6 is 0 Å². The molecule has 5 nitrogen and oxygen atoms in total. The Morgan fingerprint density at radius 1 is 0.800 bits per heavy atom. The number of rotatable bonds is 5. The van der Waals surface area contributed by atoms with Crippen LogP contribution in [0.2, 0.25) is 0 Å². The van der Waals surface area contributed by atoms with Gasteiger partial charge in [-0.3, -0.25) is 4.79 Å². The van der Waals surface area contributed by atoms with Gasteiger partial charge in [-0.25, -0.2) is 0 Å². The summed E-state index contributed by atoms with van der Waals surface area (Å²) in [6.07, 6.45) is 0. The lowest BCUT2D eigenvalue weighted by atomic mass is 10.1. The van der Waals surface area contributed by atoms with Gasteiger partial charge in [0.2, 0.25) is 0 Å². The summed E-state index contributed by atoms with van der Waals surface area (Å²) >= 11 is 0. The van der Waals surface area contributed by atoms with Crippen molar-refractivity contribution in [3.8, 4) is 11.3 Å². The van der Waals surface area contributed by atoms with Crippen LogP contribution in [-0.2, 0) is 0 Å². The molecule has 1 heterocycles. The molecule has 30 heavy (non-hydrogen) atoms. The van der Waals surface area contributed by atoms with E-state index in [1.807, 2.05) is 67.6 Å². The van der Waals surface area contributed by atoms with Gasteiger partial charge >= 0.3 is 0 Å². The summed E-state index contributed by atoms with van der Waals surface area (Å²) in [5, 5.41) is 14.8. The number of hydrogen-bond acceptors (Lipinski definition) is 4. The van der Waals surface area contributed by atoms with Crippen molar-refractivity contribution in [2.75, 3.05) is 10.6 Å². The van der Waals surface area contributed by atoms with Gasteiger partial charge in [0.15, 0.2) is 5.82 Å². The fourth-order valence-corrected chi connectivity index (χ4v) is 3.15. The molecule has 0 aliphatic rings. The maximum Gasteiger partial charge on any atom is 0.255 e. The van der Waals surface area contributed by atoms with Crippen molar-refractivity contribution >= 4 is 23.1 Å². The summed E-state index contributed by atoms with van der Waals surface area (Å²) in [5.74, 6) is 0.455. The standard InChI is InChI=1S/C25H22N4O/c1-17-7-5-9-19(15-17)23-13-14-24(29-28-23)26-21-11-6-10-20(16-21)25(30)27-22-12-4-3-8-18(22)2/h3-16H,1-2H3,(H,26,29)(H,27,30). The Morgan fingerprint density at radius 2 is 1.63 bits per heavy atom. The predicted octanol–water partition coefficient (Wildman–Crippen LogP) is 5.76. The molecule has 0 aliphatic heterocycles. The van der Waals surface area contributed by atoms with Crippen LogP contribution in [0.5, 0.6) is 0 Å². The van der Waals surface area contributed by atoms with Crippen LogP contribution in [0.15, 0.2) is 84.9 Å². The topological polar surface area (TPSA) is 66.9 Å². The number of carbonyl (C=O) groups excluding carboxylic acids is 1. The average molecular weight is 394 g/mol. The molecule has 1 amide bonds. The first-order chi connectivity index (χ1) is 14.6. The fourth-order valence-electron chi connectivity index (χ4n) is 3.15. The SMILES string of the molecule is Cc1cccc(-c2ccc(Nc3cccc(C(=O)Nc4ccccc4C)c3)nn2)c1. The number of benzene rings is 3. The van der Waals surface area contributed by atoms with Gasteiger partial charge in [-0.2, -0.15) is 0 Å². The van der Waals surface area contributed by atoms with E-state index in [1.165, 1.54) is 5.56 Å². The summed E-state index contributed by atoms with van der Waals surface area (Å²) < 4.78 is 0. The van der Waals surface area contributed by atoms with E-state index >= 15 is 0 Å². The van der Waals surface area contributed by atoms with Gasteiger partial charge < -0.3 is 10.6 Å². The highest BCUT2D eigenvalue weighted by atomic mass is 16.1. The largest absolute Gasteiger partial charge is 0.339 e. The third kappa shape index (κ3) is 4.52. The Morgan fingerprint density at radius 3 is 2.40 bits per heavy atom. The average Bonchev–Trinajstić information content (AvgIpc) is 2.76. The highest BCUT2D eigenvalue weighted by molar-refractivity contribution is 6.05. The molecule has 3 aromatic carbocycles. The first kappa shape index (κ1) is 19.3. The Hall–Kier alpha value is -3.99.